The molecule has 0 aliphatic heterocycles. The smallest absolute Gasteiger partial charge is 0.278 e. The average Bonchev–Trinajstić information content (AvgIpc) is 2.41. The van der Waals surface area contributed by atoms with E-state index < -0.39 is 11.7 Å². The van der Waals surface area contributed by atoms with Crippen LogP contribution in [0.2, 0.25) is 10.0 Å². The summed E-state index contributed by atoms with van der Waals surface area (Å²) in [5.74, 6) is 0. The molecule has 0 aliphatic rings. The predicted molar refractivity (Wildman–Crippen MR) is 79.1 cm³/mol. The van der Waals surface area contributed by atoms with Crippen molar-refractivity contribution in [3.8, 4) is 0 Å². The summed E-state index contributed by atoms with van der Waals surface area (Å²) in [6, 6.07) is 9.93. The third kappa shape index (κ3) is 3.89. The summed E-state index contributed by atoms with van der Waals surface area (Å²) in [6.07, 6.45) is -3.18. The number of hydrogen-bond acceptors (Lipinski definition) is 2. The number of alkyl halides is 3. The molecule has 0 aliphatic carbocycles. The molecule has 21 heavy (non-hydrogen) atoms. The van der Waals surface area contributed by atoms with Crippen LogP contribution in [0.25, 0.3) is 0 Å². The van der Waals surface area contributed by atoms with Gasteiger partial charge in [-0.2, -0.15) is 18.3 Å². The van der Waals surface area contributed by atoms with Gasteiger partial charge < -0.3 is 0 Å². The highest BCUT2D eigenvalue weighted by molar-refractivity contribution is 6.38. The molecule has 2 nitrogen and oxygen atoms in total. The van der Waals surface area contributed by atoms with E-state index in [0.29, 0.717) is 15.6 Å². The van der Waals surface area contributed by atoms with Crippen LogP contribution in [0.3, 0.4) is 0 Å². The van der Waals surface area contributed by atoms with E-state index in [1.807, 2.05) is 0 Å². The van der Waals surface area contributed by atoms with Gasteiger partial charge in [-0.25, -0.2) is 0 Å². The number of benzene rings is 2. The second kappa shape index (κ2) is 6.37. The summed E-state index contributed by atoms with van der Waals surface area (Å²) in [4.78, 5) is 0. The molecule has 110 valence electrons. The van der Waals surface area contributed by atoms with Crippen molar-refractivity contribution in [2.24, 2.45) is 5.10 Å². The summed E-state index contributed by atoms with van der Waals surface area (Å²) in [6.45, 7) is 0. The number of nitrogens with one attached hydrogen (secondary N) is 1. The second-order valence-electron chi connectivity index (χ2n) is 4.05. The Balaban J connectivity index is 2.23. The fraction of sp³-hybridized carbons (Fsp3) is 0.0714. The van der Waals surface area contributed by atoms with Gasteiger partial charge in [-0.1, -0.05) is 41.4 Å². The molecule has 0 amide bonds. The average molecular weight is 333 g/mol. The van der Waals surface area contributed by atoms with Crippen molar-refractivity contribution in [2.45, 2.75) is 6.18 Å². The number of nitrogens with zero attached hydrogens (tertiary/aromatic N) is 1. The standard InChI is InChI=1S/C14H9Cl2F3N2/c15-11-5-3-6-12(16)9(11)8-20-21-13-7-2-1-4-10(13)14(17,18)19/h1-8,21H/b20-8+. The first kappa shape index (κ1) is 15.7. The number of rotatable bonds is 3. The Morgan fingerprint density at radius 3 is 2.19 bits per heavy atom. The maximum atomic E-state index is 12.8. The molecule has 0 spiro atoms. The van der Waals surface area contributed by atoms with Gasteiger partial charge in [0.15, 0.2) is 0 Å². The predicted octanol–water partition coefficient (Wildman–Crippen LogP) is 5.46. The van der Waals surface area contributed by atoms with Crippen molar-refractivity contribution >= 4 is 35.1 Å². The van der Waals surface area contributed by atoms with Gasteiger partial charge in [0.05, 0.1) is 27.5 Å². The van der Waals surface area contributed by atoms with Crippen molar-refractivity contribution < 1.29 is 13.2 Å². The minimum Gasteiger partial charge on any atom is -0.278 e. The van der Waals surface area contributed by atoms with Crippen molar-refractivity contribution in [3.05, 3.63) is 63.6 Å². The molecule has 2 aromatic carbocycles. The molecule has 2 aromatic rings. The topological polar surface area (TPSA) is 24.4 Å². The lowest BCUT2D eigenvalue weighted by molar-refractivity contribution is -0.136. The van der Waals surface area contributed by atoms with Gasteiger partial charge in [0.25, 0.3) is 0 Å². The SMILES string of the molecule is FC(F)(F)c1ccccc1N/N=C/c1c(Cl)cccc1Cl. The van der Waals surface area contributed by atoms with Crippen LogP contribution >= 0.6 is 23.2 Å². The molecule has 0 saturated heterocycles. The second-order valence-corrected chi connectivity index (χ2v) is 4.86. The summed E-state index contributed by atoms with van der Waals surface area (Å²) < 4.78 is 38.4. The van der Waals surface area contributed by atoms with Gasteiger partial charge in [0.1, 0.15) is 0 Å². The van der Waals surface area contributed by atoms with Crippen molar-refractivity contribution in [1.82, 2.24) is 0 Å². The lowest BCUT2D eigenvalue weighted by Gasteiger charge is -2.11. The number of halogens is 5. The zero-order valence-electron chi connectivity index (χ0n) is 10.5. The molecule has 0 atom stereocenters. The van der Waals surface area contributed by atoms with Gasteiger partial charge in [-0.05, 0) is 24.3 Å². The van der Waals surface area contributed by atoms with Crippen LogP contribution in [0.4, 0.5) is 18.9 Å². The largest absolute Gasteiger partial charge is 0.418 e. The first-order valence-electron chi connectivity index (χ1n) is 5.79. The molecule has 2 rings (SSSR count). The van der Waals surface area contributed by atoms with E-state index in [1.165, 1.54) is 24.4 Å². The minimum absolute atomic E-state index is 0.149. The molecule has 0 unspecified atom stereocenters. The highest BCUT2D eigenvalue weighted by Gasteiger charge is 2.33. The molecular weight excluding hydrogens is 324 g/mol. The quantitative estimate of drug-likeness (QED) is 0.585. The van der Waals surface area contributed by atoms with Crippen molar-refractivity contribution in [2.75, 3.05) is 5.43 Å². The molecular formula is C14H9Cl2F3N2. The summed E-state index contributed by atoms with van der Waals surface area (Å²) in [5, 5.41) is 4.48. The van der Waals surface area contributed by atoms with E-state index >= 15 is 0 Å². The van der Waals surface area contributed by atoms with Crippen LogP contribution in [0.5, 0.6) is 0 Å². The van der Waals surface area contributed by atoms with E-state index in [9.17, 15) is 13.2 Å². The van der Waals surface area contributed by atoms with Crippen molar-refractivity contribution in [1.29, 1.82) is 0 Å². The number of para-hydroxylation sites is 1. The molecule has 0 bridgehead atoms. The van der Waals surface area contributed by atoms with E-state index in [1.54, 1.807) is 18.2 Å². The van der Waals surface area contributed by atoms with E-state index in [-0.39, 0.29) is 5.69 Å². The fourth-order valence-electron chi connectivity index (χ4n) is 1.63. The lowest BCUT2D eigenvalue weighted by atomic mass is 10.2. The zero-order chi connectivity index (χ0) is 15.5. The maximum absolute atomic E-state index is 12.8. The van der Waals surface area contributed by atoms with Crippen LogP contribution in [0.1, 0.15) is 11.1 Å². The van der Waals surface area contributed by atoms with Gasteiger partial charge in [-0.15, -0.1) is 0 Å². The van der Waals surface area contributed by atoms with Crippen LogP contribution in [0, 0.1) is 0 Å². The number of hydrogen-bond donors (Lipinski definition) is 1. The highest BCUT2D eigenvalue weighted by Crippen LogP contribution is 2.34. The van der Waals surface area contributed by atoms with E-state index in [2.05, 4.69) is 10.5 Å². The van der Waals surface area contributed by atoms with Crippen LogP contribution in [-0.2, 0) is 6.18 Å². The Hall–Kier alpha value is -1.72. The third-order valence-electron chi connectivity index (χ3n) is 2.61. The Labute approximate surface area is 129 Å². The van der Waals surface area contributed by atoms with Gasteiger partial charge in [-0.3, -0.25) is 5.43 Å². The molecule has 0 saturated carbocycles. The summed E-state index contributed by atoms with van der Waals surface area (Å²) >= 11 is 11.9. The molecule has 0 radical (unpaired) electrons. The lowest BCUT2D eigenvalue weighted by Crippen LogP contribution is -2.08. The molecule has 7 heteroatoms. The summed E-state index contributed by atoms with van der Waals surface area (Å²) in [5.41, 5.74) is 1.84. The molecule has 1 N–H and O–H groups in total. The van der Waals surface area contributed by atoms with Crippen LogP contribution in [-0.4, -0.2) is 6.21 Å². The highest BCUT2D eigenvalue weighted by atomic mass is 35.5. The number of anilines is 1. The Morgan fingerprint density at radius 1 is 0.952 bits per heavy atom. The van der Waals surface area contributed by atoms with Crippen LogP contribution in [0.15, 0.2) is 47.6 Å². The van der Waals surface area contributed by atoms with Crippen molar-refractivity contribution in [3.63, 3.8) is 0 Å². The summed E-state index contributed by atoms with van der Waals surface area (Å²) in [7, 11) is 0. The normalized spacial score (nSPS) is 11.9. The van der Waals surface area contributed by atoms with Crippen LogP contribution < -0.4 is 5.43 Å². The van der Waals surface area contributed by atoms with Gasteiger partial charge >= 0.3 is 6.18 Å². The molecule has 0 aromatic heterocycles. The maximum Gasteiger partial charge on any atom is 0.418 e. The van der Waals surface area contributed by atoms with E-state index in [0.717, 1.165) is 6.07 Å². The Morgan fingerprint density at radius 2 is 1.57 bits per heavy atom. The Bertz CT molecular complexity index is 649. The van der Waals surface area contributed by atoms with Gasteiger partial charge in [0.2, 0.25) is 0 Å². The first-order chi connectivity index (χ1) is 9.89. The monoisotopic (exact) mass is 332 g/mol. The molecule has 0 fully saturated rings. The minimum atomic E-state index is -4.46. The Kier molecular flexibility index (Phi) is 4.75. The fourth-order valence-corrected chi connectivity index (χ4v) is 2.12. The third-order valence-corrected chi connectivity index (χ3v) is 3.27. The number of hydrazone groups is 1. The first-order valence-corrected chi connectivity index (χ1v) is 6.54. The zero-order valence-corrected chi connectivity index (χ0v) is 12.0. The van der Waals surface area contributed by atoms with Gasteiger partial charge in [0, 0.05) is 5.56 Å². The van der Waals surface area contributed by atoms with E-state index in [4.69, 9.17) is 23.2 Å². The molecule has 0 heterocycles.